The van der Waals surface area contributed by atoms with Gasteiger partial charge in [-0.2, -0.15) is 0 Å². The van der Waals surface area contributed by atoms with Crippen LogP contribution in [0, 0.1) is 0 Å². The van der Waals surface area contributed by atoms with Crippen LogP contribution in [-0.4, -0.2) is 66.3 Å². The Morgan fingerprint density at radius 2 is 1.91 bits per heavy atom. The highest BCUT2D eigenvalue weighted by Crippen LogP contribution is 2.35. The molecule has 1 saturated heterocycles. The van der Waals surface area contributed by atoms with Crippen molar-refractivity contribution in [3.63, 3.8) is 0 Å². The molecule has 0 spiro atoms. The number of halogens is 1. The van der Waals surface area contributed by atoms with Gasteiger partial charge in [-0.1, -0.05) is 36.7 Å². The molecule has 172 valence electrons. The fourth-order valence-corrected chi connectivity index (χ4v) is 4.07. The Labute approximate surface area is 195 Å². The lowest BCUT2D eigenvalue weighted by molar-refractivity contribution is -0.157. The van der Waals surface area contributed by atoms with Gasteiger partial charge in [0.15, 0.2) is 0 Å². The number of aromatic nitrogens is 4. The summed E-state index contributed by atoms with van der Waals surface area (Å²) in [4.78, 5) is 34.7. The summed E-state index contributed by atoms with van der Waals surface area (Å²) in [7, 11) is 0. The van der Waals surface area contributed by atoms with Crippen LogP contribution in [0.3, 0.4) is 0 Å². The fraction of sp³-hybridized carbons (Fsp3) is 0.318. The van der Waals surface area contributed by atoms with Crippen LogP contribution in [0.2, 0.25) is 5.02 Å². The van der Waals surface area contributed by atoms with Crippen molar-refractivity contribution in [3.05, 3.63) is 77.6 Å². The average Bonchev–Trinajstić information content (AvgIpc) is 3.36. The molecular weight excluding hydrogens is 448 g/mol. The molecule has 0 saturated carbocycles. The summed E-state index contributed by atoms with van der Waals surface area (Å²) in [5.41, 5.74) is -1.07. The number of aliphatic hydroxyl groups excluding tert-OH is 1. The standard InChI is InChI=1S/C22H23ClN6O4/c1-2-11-27-12-13-29(21(32)33-19(30)16-6-8-17(23)9-7-16)22(20(27)31,28-14-25-26-15-28)18-5-3-4-10-24-18/h3-10,14-15,19,30H,2,11-13H2,1H3. The maximum Gasteiger partial charge on any atom is 0.415 e. The topological polar surface area (TPSA) is 114 Å². The van der Waals surface area contributed by atoms with E-state index in [1.54, 1.807) is 53.6 Å². The third-order valence-electron chi connectivity index (χ3n) is 5.47. The number of hydrogen-bond acceptors (Lipinski definition) is 7. The molecule has 3 heterocycles. The second-order valence-corrected chi connectivity index (χ2v) is 7.92. The summed E-state index contributed by atoms with van der Waals surface area (Å²) >= 11 is 5.90. The highest BCUT2D eigenvalue weighted by Gasteiger charge is 2.56. The Kier molecular flexibility index (Phi) is 6.57. The van der Waals surface area contributed by atoms with Gasteiger partial charge in [0.2, 0.25) is 12.0 Å². The molecular formula is C22H23ClN6O4. The van der Waals surface area contributed by atoms with E-state index >= 15 is 0 Å². The number of amides is 2. The number of piperazine rings is 1. The van der Waals surface area contributed by atoms with Crippen LogP contribution < -0.4 is 0 Å². The first-order valence-corrected chi connectivity index (χ1v) is 10.8. The van der Waals surface area contributed by atoms with Crippen molar-refractivity contribution >= 4 is 23.6 Å². The molecule has 10 nitrogen and oxygen atoms in total. The van der Waals surface area contributed by atoms with Crippen LogP contribution in [0.4, 0.5) is 4.79 Å². The molecule has 0 aliphatic carbocycles. The summed E-state index contributed by atoms with van der Waals surface area (Å²) in [6, 6.07) is 11.4. The third-order valence-corrected chi connectivity index (χ3v) is 5.72. The number of aliphatic hydroxyl groups is 1. The van der Waals surface area contributed by atoms with E-state index in [0.29, 0.717) is 29.4 Å². The van der Waals surface area contributed by atoms with E-state index in [-0.39, 0.29) is 12.5 Å². The monoisotopic (exact) mass is 470 g/mol. The van der Waals surface area contributed by atoms with Crippen LogP contribution in [0.5, 0.6) is 0 Å². The number of nitrogens with zero attached hydrogens (tertiary/aromatic N) is 6. The molecule has 11 heteroatoms. The van der Waals surface area contributed by atoms with Gasteiger partial charge in [-0.3, -0.25) is 19.2 Å². The molecule has 2 unspecified atom stereocenters. The number of carbonyl (C=O) groups excluding carboxylic acids is 2. The predicted molar refractivity (Wildman–Crippen MR) is 118 cm³/mol. The van der Waals surface area contributed by atoms with Gasteiger partial charge in [0.1, 0.15) is 12.7 Å². The minimum Gasteiger partial charge on any atom is -0.415 e. The highest BCUT2D eigenvalue weighted by atomic mass is 35.5. The maximum atomic E-state index is 13.9. The Balaban J connectivity index is 1.77. The van der Waals surface area contributed by atoms with Crippen LogP contribution in [0.1, 0.15) is 30.9 Å². The molecule has 0 bridgehead atoms. The Bertz CT molecular complexity index is 1100. The lowest BCUT2D eigenvalue weighted by atomic mass is 9.97. The third kappa shape index (κ3) is 4.14. The average molecular weight is 471 g/mol. The molecule has 1 aliphatic heterocycles. The second kappa shape index (κ2) is 9.55. The van der Waals surface area contributed by atoms with Crippen molar-refractivity contribution in [2.24, 2.45) is 0 Å². The van der Waals surface area contributed by atoms with Gasteiger partial charge in [0, 0.05) is 36.4 Å². The number of ether oxygens (including phenoxy) is 1. The minimum absolute atomic E-state index is 0.146. The Hall–Kier alpha value is -3.50. The van der Waals surface area contributed by atoms with E-state index in [1.807, 2.05) is 6.92 Å². The van der Waals surface area contributed by atoms with Gasteiger partial charge >= 0.3 is 6.09 Å². The molecule has 2 aromatic heterocycles. The van der Waals surface area contributed by atoms with Crippen molar-refractivity contribution in [2.75, 3.05) is 19.6 Å². The van der Waals surface area contributed by atoms with E-state index in [4.69, 9.17) is 16.3 Å². The lowest BCUT2D eigenvalue weighted by Gasteiger charge is -2.48. The van der Waals surface area contributed by atoms with Crippen molar-refractivity contribution in [3.8, 4) is 0 Å². The molecule has 2 atom stereocenters. The van der Waals surface area contributed by atoms with Gasteiger partial charge in [-0.05, 0) is 30.7 Å². The molecule has 33 heavy (non-hydrogen) atoms. The fourth-order valence-electron chi connectivity index (χ4n) is 3.95. The summed E-state index contributed by atoms with van der Waals surface area (Å²) in [5.74, 6) is -0.368. The first kappa shape index (κ1) is 22.7. The smallest absolute Gasteiger partial charge is 0.415 e. The van der Waals surface area contributed by atoms with Crippen molar-refractivity contribution in [2.45, 2.75) is 25.3 Å². The maximum absolute atomic E-state index is 13.9. The van der Waals surface area contributed by atoms with Crippen LogP contribution in [0.25, 0.3) is 0 Å². The van der Waals surface area contributed by atoms with Crippen LogP contribution in [-0.2, 0) is 15.2 Å². The molecule has 1 aromatic carbocycles. The number of carbonyl (C=O) groups is 2. The molecule has 1 N–H and O–H groups in total. The van der Waals surface area contributed by atoms with Crippen LogP contribution in [0.15, 0.2) is 61.3 Å². The largest absolute Gasteiger partial charge is 0.415 e. The SMILES string of the molecule is CCCN1CCN(C(=O)OC(O)c2ccc(Cl)cc2)C(c2ccccn2)(n2cnnc2)C1=O. The van der Waals surface area contributed by atoms with Gasteiger partial charge in [-0.25, -0.2) is 4.79 Å². The number of benzene rings is 1. The van der Waals surface area contributed by atoms with Gasteiger partial charge in [0.25, 0.3) is 5.91 Å². The first-order valence-electron chi connectivity index (χ1n) is 10.5. The van der Waals surface area contributed by atoms with E-state index < -0.39 is 18.0 Å². The van der Waals surface area contributed by atoms with Gasteiger partial charge in [-0.15, -0.1) is 10.2 Å². The number of rotatable bonds is 6. The van der Waals surface area contributed by atoms with Crippen molar-refractivity contribution in [1.29, 1.82) is 0 Å². The van der Waals surface area contributed by atoms with E-state index in [2.05, 4.69) is 15.2 Å². The molecule has 2 amide bonds. The molecule has 1 aliphatic rings. The summed E-state index contributed by atoms with van der Waals surface area (Å²) < 4.78 is 6.82. The highest BCUT2D eigenvalue weighted by molar-refractivity contribution is 6.30. The zero-order chi connectivity index (χ0) is 23.4. The summed E-state index contributed by atoms with van der Waals surface area (Å²) in [6.45, 7) is 2.92. The molecule has 0 radical (unpaired) electrons. The van der Waals surface area contributed by atoms with E-state index in [1.165, 1.54) is 22.1 Å². The molecule has 4 rings (SSSR count). The predicted octanol–water partition coefficient (Wildman–Crippen LogP) is 2.41. The van der Waals surface area contributed by atoms with E-state index in [9.17, 15) is 14.7 Å². The summed E-state index contributed by atoms with van der Waals surface area (Å²) in [6.07, 6.45) is 2.56. The second-order valence-electron chi connectivity index (χ2n) is 7.49. The van der Waals surface area contributed by atoms with Crippen LogP contribution >= 0.6 is 11.6 Å². The van der Waals surface area contributed by atoms with Crippen molar-refractivity contribution in [1.82, 2.24) is 29.5 Å². The Morgan fingerprint density at radius 1 is 1.18 bits per heavy atom. The molecule has 3 aromatic rings. The Morgan fingerprint density at radius 3 is 2.55 bits per heavy atom. The number of hydrogen-bond donors (Lipinski definition) is 1. The lowest BCUT2D eigenvalue weighted by Crippen LogP contribution is -2.68. The first-order chi connectivity index (χ1) is 16.0. The zero-order valence-electron chi connectivity index (χ0n) is 17.9. The van der Waals surface area contributed by atoms with Crippen molar-refractivity contribution < 1.29 is 19.4 Å². The molecule has 1 fully saturated rings. The minimum atomic E-state index is -1.71. The zero-order valence-corrected chi connectivity index (χ0v) is 18.7. The van der Waals surface area contributed by atoms with Gasteiger partial charge < -0.3 is 14.7 Å². The van der Waals surface area contributed by atoms with Gasteiger partial charge in [0.05, 0.1) is 5.69 Å². The summed E-state index contributed by atoms with van der Waals surface area (Å²) in [5, 5.41) is 18.7. The normalized spacial score (nSPS) is 19.4. The quantitative estimate of drug-likeness (QED) is 0.550. The number of pyridine rings is 1. The van der Waals surface area contributed by atoms with E-state index in [0.717, 1.165) is 6.42 Å².